The molecule has 1 aromatic carbocycles. The Balaban J connectivity index is 1.40. The molecular weight excluding hydrogens is 387 g/mol. The monoisotopic (exact) mass is 411 g/mol. The summed E-state index contributed by atoms with van der Waals surface area (Å²) in [5.74, 6) is 0.180. The van der Waals surface area contributed by atoms with Gasteiger partial charge in [-0.05, 0) is 54.9 Å². The molecule has 1 amide bonds. The van der Waals surface area contributed by atoms with Gasteiger partial charge in [-0.25, -0.2) is 0 Å². The van der Waals surface area contributed by atoms with E-state index in [0.717, 1.165) is 44.6 Å². The van der Waals surface area contributed by atoms with Gasteiger partial charge in [0.05, 0.1) is 12.1 Å². The Hall–Kier alpha value is -2.06. The van der Waals surface area contributed by atoms with Gasteiger partial charge in [-0.15, -0.1) is 11.3 Å². The van der Waals surface area contributed by atoms with E-state index in [-0.39, 0.29) is 18.1 Å². The molecule has 1 aromatic heterocycles. The molecule has 28 heavy (non-hydrogen) atoms. The van der Waals surface area contributed by atoms with Gasteiger partial charge in [-0.3, -0.25) is 9.69 Å². The predicted molar refractivity (Wildman–Crippen MR) is 105 cm³/mol. The number of rotatable bonds is 7. The first-order chi connectivity index (χ1) is 13.4. The molecule has 0 spiro atoms. The number of nitrogens with zero attached hydrogens (tertiary/aromatic N) is 1. The van der Waals surface area contributed by atoms with Crippen molar-refractivity contribution in [3.8, 4) is 0 Å². The van der Waals surface area contributed by atoms with Crippen LogP contribution in [0.5, 0.6) is 0 Å². The predicted octanol–water partition coefficient (Wildman–Crippen LogP) is 4.21. The molecule has 8 heteroatoms. The first-order valence-electron chi connectivity index (χ1n) is 9.33. The Morgan fingerprint density at radius 1 is 1.25 bits per heavy atom. The lowest BCUT2D eigenvalue weighted by Crippen LogP contribution is -2.41. The number of benzene rings is 1. The smallest absolute Gasteiger partial charge is 0.376 e. The second kappa shape index (κ2) is 9.43. The van der Waals surface area contributed by atoms with E-state index in [2.05, 4.69) is 33.0 Å². The molecule has 1 unspecified atom stereocenters. The zero-order valence-electron chi connectivity index (χ0n) is 15.5. The number of likely N-dealkylation sites (tertiary alicyclic amines) is 1. The van der Waals surface area contributed by atoms with E-state index < -0.39 is 11.7 Å². The molecule has 2 N–H and O–H groups in total. The minimum atomic E-state index is -4.39. The van der Waals surface area contributed by atoms with E-state index in [1.54, 1.807) is 11.3 Å². The molecule has 0 bridgehead atoms. The summed E-state index contributed by atoms with van der Waals surface area (Å²) in [5.41, 5.74) is -0.448. The molecule has 2 aromatic rings. The Bertz CT molecular complexity index is 764. The number of halogens is 3. The maximum absolute atomic E-state index is 12.7. The second-order valence-electron chi connectivity index (χ2n) is 7.06. The van der Waals surface area contributed by atoms with Gasteiger partial charge < -0.3 is 10.6 Å². The summed E-state index contributed by atoms with van der Waals surface area (Å²) in [4.78, 5) is 15.8. The van der Waals surface area contributed by atoms with Gasteiger partial charge in [0.25, 0.3) is 0 Å². The van der Waals surface area contributed by atoms with Gasteiger partial charge in [0.15, 0.2) is 0 Å². The van der Waals surface area contributed by atoms with Crippen molar-refractivity contribution in [2.45, 2.75) is 25.6 Å². The van der Waals surface area contributed by atoms with Crippen molar-refractivity contribution >= 4 is 22.9 Å². The Kier molecular flexibility index (Phi) is 6.96. The van der Waals surface area contributed by atoms with Crippen molar-refractivity contribution in [1.82, 2.24) is 10.2 Å². The highest BCUT2D eigenvalue weighted by atomic mass is 32.1. The number of hydrogen-bond acceptors (Lipinski definition) is 4. The third-order valence-corrected chi connectivity index (χ3v) is 5.65. The van der Waals surface area contributed by atoms with Crippen LogP contribution in [0.1, 0.15) is 23.3 Å². The average Bonchev–Trinajstić information content (AvgIpc) is 3.17. The zero-order chi connectivity index (χ0) is 20.0. The Labute approximate surface area is 166 Å². The molecule has 2 heterocycles. The van der Waals surface area contributed by atoms with Gasteiger partial charge >= 0.3 is 6.18 Å². The molecule has 1 aliphatic heterocycles. The normalized spacial score (nSPS) is 18.0. The Morgan fingerprint density at radius 2 is 2.11 bits per heavy atom. The first-order valence-corrected chi connectivity index (χ1v) is 10.2. The highest BCUT2D eigenvalue weighted by Crippen LogP contribution is 2.30. The Morgan fingerprint density at radius 3 is 2.86 bits per heavy atom. The van der Waals surface area contributed by atoms with Crippen molar-refractivity contribution in [3.05, 3.63) is 52.2 Å². The highest BCUT2D eigenvalue weighted by Gasteiger charge is 2.30. The maximum atomic E-state index is 12.7. The molecule has 152 valence electrons. The summed E-state index contributed by atoms with van der Waals surface area (Å²) in [6, 6.07) is 9.06. The van der Waals surface area contributed by atoms with E-state index in [9.17, 15) is 18.0 Å². The van der Waals surface area contributed by atoms with Crippen LogP contribution in [0.15, 0.2) is 41.8 Å². The van der Waals surface area contributed by atoms with Crippen LogP contribution in [-0.4, -0.2) is 37.0 Å². The summed E-state index contributed by atoms with van der Waals surface area (Å²) in [7, 11) is 0. The lowest BCUT2D eigenvalue weighted by molar-refractivity contribution is -0.137. The largest absolute Gasteiger partial charge is 0.416 e. The van der Waals surface area contributed by atoms with Crippen LogP contribution in [0.25, 0.3) is 0 Å². The van der Waals surface area contributed by atoms with Crippen LogP contribution in [0.4, 0.5) is 18.9 Å². The van der Waals surface area contributed by atoms with Crippen molar-refractivity contribution < 1.29 is 18.0 Å². The number of alkyl halides is 3. The zero-order valence-corrected chi connectivity index (χ0v) is 16.3. The quantitative estimate of drug-likeness (QED) is 0.718. The molecule has 0 radical (unpaired) electrons. The maximum Gasteiger partial charge on any atom is 0.416 e. The summed E-state index contributed by atoms with van der Waals surface area (Å²) in [5, 5.41) is 7.74. The van der Waals surface area contributed by atoms with E-state index in [4.69, 9.17) is 0 Å². The molecule has 0 saturated carbocycles. The number of hydrogen-bond donors (Lipinski definition) is 2. The van der Waals surface area contributed by atoms with Crippen molar-refractivity contribution in [1.29, 1.82) is 0 Å². The summed E-state index contributed by atoms with van der Waals surface area (Å²) in [6.07, 6.45) is -2.22. The summed E-state index contributed by atoms with van der Waals surface area (Å²) < 4.78 is 38.2. The molecule has 0 aliphatic carbocycles. The fourth-order valence-corrected chi connectivity index (χ4v) is 4.14. The number of carbonyl (C=O) groups is 1. The van der Waals surface area contributed by atoms with E-state index in [0.29, 0.717) is 12.5 Å². The number of anilines is 1. The molecule has 3 rings (SSSR count). The van der Waals surface area contributed by atoms with Crippen LogP contribution >= 0.6 is 11.3 Å². The number of piperidine rings is 1. The fourth-order valence-electron chi connectivity index (χ4n) is 3.39. The molecule has 4 nitrogen and oxygen atoms in total. The fraction of sp³-hybridized carbons (Fsp3) is 0.450. The van der Waals surface area contributed by atoms with Gasteiger partial charge in [0, 0.05) is 30.2 Å². The van der Waals surface area contributed by atoms with Crippen LogP contribution in [0.2, 0.25) is 0 Å². The number of thiophene rings is 1. The summed E-state index contributed by atoms with van der Waals surface area (Å²) >= 11 is 1.75. The van der Waals surface area contributed by atoms with Crippen molar-refractivity contribution in [2.24, 2.45) is 5.92 Å². The van der Waals surface area contributed by atoms with Gasteiger partial charge in [-0.2, -0.15) is 13.2 Å². The van der Waals surface area contributed by atoms with Crippen LogP contribution in [-0.2, 0) is 17.5 Å². The molecular formula is C20H24F3N3OS. The van der Waals surface area contributed by atoms with Crippen LogP contribution in [0.3, 0.4) is 0 Å². The van der Waals surface area contributed by atoms with E-state index in [1.165, 1.54) is 17.0 Å². The van der Waals surface area contributed by atoms with Gasteiger partial charge in [-0.1, -0.05) is 12.1 Å². The number of nitrogens with one attached hydrogen (secondary N) is 2. The minimum absolute atomic E-state index is 0.0487. The standard InChI is InChI=1S/C20H24F3N3OS/c21-20(22,23)16-5-1-6-17(10-16)24-12-19(27)25-11-15-4-2-8-26(13-15)14-18-7-3-9-28-18/h1,3,5-7,9-10,15,24H,2,4,8,11-14H2,(H,25,27). The van der Waals surface area contributed by atoms with E-state index >= 15 is 0 Å². The van der Waals surface area contributed by atoms with E-state index in [1.807, 2.05) is 0 Å². The average molecular weight is 411 g/mol. The summed E-state index contributed by atoms with van der Waals surface area (Å²) in [6.45, 7) is 3.49. The SMILES string of the molecule is O=C(CNc1cccc(C(F)(F)F)c1)NCC1CCCN(Cc2cccs2)C1. The molecule has 1 atom stereocenters. The molecule has 1 saturated heterocycles. The second-order valence-corrected chi connectivity index (χ2v) is 8.09. The van der Waals surface area contributed by atoms with Gasteiger partial charge in [0.2, 0.25) is 5.91 Å². The lowest BCUT2D eigenvalue weighted by atomic mass is 9.98. The van der Waals surface area contributed by atoms with Crippen molar-refractivity contribution in [2.75, 3.05) is 31.5 Å². The van der Waals surface area contributed by atoms with Crippen molar-refractivity contribution in [3.63, 3.8) is 0 Å². The number of carbonyl (C=O) groups excluding carboxylic acids is 1. The third kappa shape index (κ3) is 6.24. The van der Waals surface area contributed by atoms with Crippen LogP contribution < -0.4 is 10.6 Å². The van der Waals surface area contributed by atoms with Gasteiger partial charge in [0.1, 0.15) is 0 Å². The highest BCUT2D eigenvalue weighted by molar-refractivity contribution is 7.09. The minimum Gasteiger partial charge on any atom is -0.376 e. The lowest BCUT2D eigenvalue weighted by Gasteiger charge is -2.32. The topological polar surface area (TPSA) is 44.4 Å². The molecule has 1 fully saturated rings. The third-order valence-electron chi connectivity index (χ3n) is 4.79. The molecule has 1 aliphatic rings. The number of amides is 1. The first kappa shape index (κ1) is 20.7. The van der Waals surface area contributed by atoms with Crippen LogP contribution in [0, 0.1) is 5.92 Å².